The van der Waals surface area contributed by atoms with Crippen molar-refractivity contribution in [3.8, 4) is 0 Å². The summed E-state index contributed by atoms with van der Waals surface area (Å²) in [5.41, 5.74) is 7.14. The van der Waals surface area contributed by atoms with Crippen LogP contribution < -0.4 is 21.7 Å². The summed E-state index contributed by atoms with van der Waals surface area (Å²) < 4.78 is 45.8. The van der Waals surface area contributed by atoms with Crippen LogP contribution in [0.15, 0.2) is 59.5 Å². The van der Waals surface area contributed by atoms with E-state index in [0.29, 0.717) is 31.6 Å². The number of carbonyl (C=O) groups is 2. The summed E-state index contributed by atoms with van der Waals surface area (Å²) in [6, 6.07) is 13.6. The SMILES string of the molecule is CNC(=O)C(N)CNc1cccc(S(=O)(=O)N(C[C@H](O)[C@H](Cc2ccccc2)NC(=O)O[C@H]2CO[C@H]3OCC[C@H]32)OC2CCCC2)c1. The fourth-order valence-corrected chi connectivity index (χ4v) is 7.40. The monoisotopic (exact) mass is 675 g/mol. The molecule has 2 saturated heterocycles. The van der Waals surface area contributed by atoms with Crippen molar-refractivity contribution >= 4 is 27.7 Å². The third-order valence-corrected chi connectivity index (χ3v) is 10.3. The van der Waals surface area contributed by atoms with Gasteiger partial charge in [0, 0.05) is 19.3 Å². The van der Waals surface area contributed by atoms with Gasteiger partial charge in [0.05, 0.1) is 48.8 Å². The van der Waals surface area contributed by atoms with E-state index >= 15 is 0 Å². The Morgan fingerprint density at radius 1 is 1.09 bits per heavy atom. The zero-order valence-corrected chi connectivity index (χ0v) is 27.3. The van der Waals surface area contributed by atoms with Crippen LogP contribution in [0.25, 0.3) is 0 Å². The number of nitrogens with one attached hydrogen (secondary N) is 3. The number of anilines is 1. The van der Waals surface area contributed by atoms with Gasteiger partial charge in [0.15, 0.2) is 6.29 Å². The molecule has 2 aliphatic heterocycles. The Kier molecular flexibility index (Phi) is 12.1. The first kappa shape index (κ1) is 35.0. The van der Waals surface area contributed by atoms with E-state index in [1.807, 2.05) is 30.3 Å². The number of likely N-dealkylation sites (N-methyl/N-ethyl adjacent to an activating group) is 1. The van der Waals surface area contributed by atoms with Gasteiger partial charge in [-0.2, -0.15) is 0 Å². The van der Waals surface area contributed by atoms with Gasteiger partial charge in [-0.3, -0.25) is 9.63 Å². The summed E-state index contributed by atoms with van der Waals surface area (Å²) >= 11 is 0. The molecule has 6 atom stereocenters. The fraction of sp³-hybridized carbons (Fsp3) is 0.562. The maximum atomic E-state index is 14.1. The van der Waals surface area contributed by atoms with Gasteiger partial charge in [-0.15, -0.1) is 0 Å². The van der Waals surface area contributed by atoms with E-state index < -0.39 is 53.2 Å². The maximum absolute atomic E-state index is 14.1. The van der Waals surface area contributed by atoms with Gasteiger partial charge >= 0.3 is 6.09 Å². The zero-order chi connectivity index (χ0) is 33.4. The van der Waals surface area contributed by atoms with E-state index in [-0.39, 0.29) is 42.4 Å². The Labute approximate surface area is 275 Å². The normalized spacial score (nSPS) is 23.2. The average Bonchev–Trinajstić information content (AvgIpc) is 3.84. The molecule has 0 radical (unpaired) electrons. The molecule has 1 saturated carbocycles. The minimum atomic E-state index is -4.30. The minimum absolute atomic E-state index is 0.0662. The Balaban J connectivity index is 1.33. The molecule has 6 N–H and O–H groups in total. The van der Waals surface area contributed by atoms with E-state index in [9.17, 15) is 23.1 Å². The highest BCUT2D eigenvalue weighted by atomic mass is 32.2. The molecular formula is C32H45N5O9S. The van der Waals surface area contributed by atoms with Crippen molar-refractivity contribution in [2.45, 2.75) is 80.1 Å². The number of rotatable bonds is 15. The number of nitrogens with two attached hydrogens (primary N) is 1. The lowest BCUT2D eigenvalue weighted by Crippen LogP contribution is -2.51. The number of nitrogens with zero attached hydrogens (tertiary/aromatic N) is 1. The van der Waals surface area contributed by atoms with Crippen LogP contribution in [0.4, 0.5) is 10.5 Å². The van der Waals surface area contributed by atoms with Crippen LogP contribution in [0.1, 0.15) is 37.7 Å². The van der Waals surface area contributed by atoms with Crippen LogP contribution in [0.3, 0.4) is 0 Å². The number of amides is 2. The zero-order valence-electron chi connectivity index (χ0n) is 26.5. The van der Waals surface area contributed by atoms with E-state index in [1.54, 1.807) is 12.1 Å². The Morgan fingerprint density at radius 2 is 1.85 bits per heavy atom. The van der Waals surface area contributed by atoms with Crippen molar-refractivity contribution in [2.24, 2.45) is 11.7 Å². The number of alkyl carbamates (subject to hydrolysis) is 1. The first-order chi connectivity index (χ1) is 22.6. The molecule has 2 aromatic carbocycles. The van der Waals surface area contributed by atoms with Gasteiger partial charge in [0.2, 0.25) is 5.91 Å². The number of aliphatic hydroxyl groups excluding tert-OH is 1. The molecule has 47 heavy (non-hydrogen) atoms. The van der Waals surface area contributed by atoms with Crippen LogP contribution >= 0.6 is 0 Å². The third-order valence-electron chi connectivity index (χ3n) is 8.72. The second-order valence-electron chi connectivity index (χ2n) is 12.1. The number of aliphatic hydroxyl groups is 1. The van der Waals surface area contributed by atoms with E-state index in [2.05, 4.69) is 16.0 Å². The predicted molar refractivity (Wildman–Crippen MR) is 171 cm³/mol. The van der Waals surface area contributed by atoms with Crippen molar-refractivity contribution in [1.29, 1.82) is 0 Å². The minimum Gasteiger partial charge on any atom is -0.443 e. The Hall–Kier alpha value is -3.31. The first-order valence-corrected chi connectivity index (χ1v) is 17.5. The number of hydrogen-bond acceptors (Lipinski definition) is 11. The first-order valence-electron chi connectivity index (χ1n) is 16.1. The van der Waals surface area contributed by atoms with Crippen LogP contribution in [-0.4, -0.2) is 100 Å². The Morgan fingerprint density at radius 3 is 2.60 bits per heavy atom. The number of benzene rings is 2. The summed E-state index contributed by atoms with van der Waals surface area (Å²) in [6.45, 7) is 0.358. The molecule has 14 nitrogen and oxygen atoms in total. The van der Waals surface area contributed by atoms with Crippen molar-refractivity contribution in [3.05, 3.63) is 60.2 Å². The summed E-state index contributed by atoms with van der Waals surface area (Å²) in [7, 11) is -2.82. The van der Waals surface area contributed by atoms with Crippen LogP contribution in [0.2, 0.25) is 0 Å². The summed E-state index contributed by atoms with van der Waals surface area (Å²) in [6.07, 6.45) is 0.692. The van der Waals surface area contributed by atoms with Crippen molar-refractivity contribution in [3.63, 3.8) is 0 Å². The molecule has 15 heteroatoms. The van der Waals surface area contributed by atoms with Gasteiger partial charge < -0.3 is 41.0 Å². The standard InChI is InChI=1S/C32H45N5O9S/c1-34-30(39)26(33)18-35-22-10-7-13-24(17-22)47(41,42)37(46-23-11-5-6-12-23)19-28(38)27(16-21-8-3-2-4-9-21)36-32(40)45-29-20-44-31-25(29)14-15-43-31/h2-4,7-10,13,17,23,25-29,31,35,38H,5-6,11-12,14-16,18-20,33H2,1H3,(H,34,39)(H,36,40)/t25-,26?,27-,28-,29-,31+/m0/s1. The summed E-state index contributed by atoms with van der Waals surface area (Å²) in [4.78, 5) is 30.9. The van der Waals surface area contributed by atoms with Crippen molar-refractivity contribution in [2.75, 3.05) is 38.7 Å². The second kappa shape index (κ2) is 16.2. The molecule has 3 aliphatic rings. The number of hydrogen-bond donors (Lipinski definition) is 5. The molecule has 2 aromatic rings. The topological polar surface area (TPSA) is 191 Å². The number of hydroxylamine groups is 1. The van der Waals surface area contributed by atoms with E-state index in [0.717, 1.165) is 22.9 Å². The molecule has 5 rings (SSSR count). The predicted octanol–water partition coefficient (Wildman–Crippen LogP) is 1.50. The van der Waals surface area contributed by atoms with Gasteiger partial charge in [0.25, 0.3) is 10.0 Å². The highest BCUT2D eigenvalue weighted by Gasteiger charge is 2.44. The van der Waals surface area contributed by atoms with Crippen LogP contribution in [0, 0.1) is 5.92 Å². The van der Waals surface area contributed by atoms with Crippen molar-refractivity contribution < 1.29 is 42.2 Å². The van der Waals surface area contributed by atoms with E-state index in [4.69, 9.17) is 24.8 Å². The largest absolute Gasteiger partial charge is 0.443 e. The number of sulfonamides is 1. The molecule has 0 aromatic heterocycles. The number of carbonyl (C=O) groups excluding carboxylic acids is 2. The Bertz CT molecular complexity index is 1440. The third kappa shape index (κ3) is 9.19. The molecule has 258 valence electrons. The lowest BCUT2D eigenvalue weighted by atomic mass is 10.0. The lowest BCUT2D eigenvalue weighted by Gasteiger charge is -2.31. The van der Waals surface area contributed by atoms with E-state index in [1.165, 1.54) is 19.2 Å². The fourth-order valence-electron chi connectivity index (χ4n) is 6.05. The smallest absolute Gasteiger partial charge is 0.407 e. The molecular weight excluding hydrogens is 630 g/mol. The molecule has 1 unspecified atom stereocenters. The maximum Gasteiger partial charge on any atom is 0.407 e. The molecule has 0 spiro atoms. The highest BCUT2D eigenvalue weighted by molar-refractivity contribution is 7.89. The van der Waals surface area contributed by atoms with Gasteiger partial charge in [-0.1, -0.05) is 53.7 Å². The summed E-state index contributed by atoms with van der Waals surface area (Å²) in [5, 5.41) is 19.8. The second-order valence-corrected chi connectivity index (χ2v) is 13.9. The van der Waals surface area contributed by atoms with Crippen molar-refractivity contribution in [1.82, 2.24) is 15.1 Å². The number of ether oxygens (including phenoxy) is 3. The van der Waals surface area contributed by atoms with Crippen LogP contribution in [-0.2, 0) is 40.3 Å². The molecule has 3 fully saturated rings. The molecule has 0 bridgehead atoms. The van der Waals surface area contributed by atoms with Gasteiger partial charge in [-0.25, -0.2) is 13.2 Å². The van der Waals surface area contributed by atoms with Crippen LogP contribution in [0.5, 0.6) is 0 Å². The molecule has 2 heterocycles. The van der Waals surface area contributed by atoms with Gasteiger partial charge in [-0.05, 0) is 49.4 Å². The van der Waals surface area contributed by atoms with Gasteiger partial charge in [0.1, 0.15) is 12.1 Å². The quantitative estimate of drug-likeness (QED) is 0.172. The lowest BCUT2D eigenvalue weighted by molar-refractivity contribution is -0.145. The highest BCUT2D eigenvalue weighted by Crippen LogP contribution is 2.33. The number of fused-ring (bicyclic) bond motifs is 1. The summed E-state index contributed by atoms with van der Waals surface area (Å²) in [5.74, 6) is -0.425. The molecule has 2 amide bonds. The average molecular weight is 676 g/mol. The molecule has 1 aliphatic carbocycles.